The van der Waals surface area contributed by atoms with Crippen molar-refractivity contribution >= 4 is 17.3 Å². The van der Waals surface area contributed by atoms with Crippen molar-refractivity contribution in [1.82, 2.24) is 0 Å². The van der Waals surface area contributed by atoms with Gasteiger partial charge >= 0.3 is 0 Å². The Morgan fingerprint density at radius 1 is 0.933 bits per heavy atom. The lowest BCUT2D eigenvalue weighted by atomic mass is 10.1. The highest BCUT2D eigenvalue weighted by atomic mass is 35.5. The molecule has 0 bridgehead atoms. The first-order valence-corrected chi connectivity index (χ1v) is 10.2. The lowest BCUT2D eigenvalue weighted by Gasteiger charge is -2.19. The van der Waals surface area contributed by atoms with Crippen molar-refractivity contribution in [3.05, 3.63) is 76.3 Å². The first-order chi connectivity index (χ1) is 14.6. The highest BCUT2D eigenvalue weighted by Crippen LogP contribution is 2.37. The molecule has 30 heavy (non-hydrogen) atoms. The van der Waals surface area contributed by atoms with E-state index in [1.807, 2.05) is 42.5 Å². The summed E-state index contributed by atoms with van der Waals surface area (Å²) in [4.78, 5) is 0. The quantitative estimate of drug-likeness (QED) is 0.532. The van der Waals surface area contributed by atoms with Crippen LogP contribution in [0.25, 0.3) is 0 Å². The number of anilines is 1. The van der Waals surface area contributed by atoms with Gasteiger partial charge in [-0.15, -0.1) is 0 Å². The van der Waals surface area contributed by atoms with E-state index in [2.05, 4.69) is 24.4 Å². The molecule has 0 spiro atoms. The summed E-state index contributed by atoms with van der Waals surface area (Å²) in [5, 5.41) is 3.90. The zero-order valence-electron chi connectivity index (χ0n) is 17.0. The highest BCUT2D eigenvalue weighted by Gasteiger charge is 2.14. The first-order valence-electron chi connectivity index (χ1n) is 9.80. The Bertz CT molecular complexity index is 1020. The summed E-state index contributed by atoms with van der Waals surface area (Å²) in [5.41, 5.74) is 4.20. The molecule has 1 aliphatic rings. The van der Waals surface area contributed by atoms with Gasteiger partial charge in [0.2, 0.25) is 0 Å². The molecule has 1 heterocycles. The molecule has 0 fully saturated rings. The van der Waals surface area contributed by atoms with Crippen molar-refractivity contribution in [2.24, 2.45) is 0 Å². The van der Waals surface area contributed by atoms with Gasteiger partial charge in [-0.1, -0.05) is 41.4 Å². The van der Waals surface area contributed by atoms with Crippen LogP contribution in [0.3, 0.4) is 0 Å². The van der Waals surface area contributed by atoms with E-state index in [9.17, 15) is 0 Å². The molecule has 4 rings (SSSR count). The fourth-order valence-electron chi connectivity index (χ4n) is 3.21. The van der Waals surface area contributed by atoms with Crippen molar-refractivity contribution < 1.29 is 18.9 Å². The average molecular weight is 426 g/mol. The SMILES string of the molecule is COc1cc(CNc2ccc3c(c2)OCCO3)cc(Cl)c1OCc1ccc(C)cc1. The number of aryl methyl sites for hydroxylation is 1. The molecule has 0 saturated heterocycles. The summed E-state index contributed by atoms with van der Waals surface area (Å²) in [6, 6.07) is 17.8. The molecule has 0 aliphatic carbocycles. The number of ether oxygens (including phenoxy) is 4. The number of nitrogens with one attached hydrogen (secondary N) is 1. The van der Waals surface area contributed by atoms with E-state index in [0.29, 0.717) is 42.9 Å². The Kier molecular flexibility index (Phi) is 6.19. The van der Waals surface area contributed by atoms with Crippen molar-refractivity contribution in [3.63, 3.8) is 0 Å². The summed E-state index contributed by atoms with van der Waals surface area (Å²) in [6.45, 7) is 4.20. The van der Waals surface area contributed by atoms with Crippen LogP contribution in [0.4, 0.5) is 5.69 Å². The predicted octanol–water partition coefficient (Wildman–Crippen LogP) is 5.62. The van der Waals surface area contributed by atoms with Gasteiger partial charge in [-0.25, -0.2) is 0 Å². The predicted molar refractivity (Wildman–Crippen MR) is 118 cm³/mol. The molecule has 6 heteroatoms. The van der Waals surface area contributed by atoms with Gasteiger partial charge in [0.05, 0.1) is 12.1 Å². The normalized spacial score (nSPS) is 12.4. The standard InChI is InChI=1S/C24H24ClNO4/c1-16-3-5-17(6-4-16)15-30-24-20(25)11-18(12-23(24)27-2)14-26-19-7-8-21-22(13-19)29-10-9-28-21/h3-8,11-13,26H,9-10,14-15H2,1-2H3. The number of hydrogen-bond donors (Lipinski definition) is 1. The van der Waals surface area contributed by atoms with Gasteiger partial charge in [0.15, 0.2) is 23.0 Å². The van der Waals surface area contributed by atoms with Crippen LogP contribution >= 0.6 is 11.6 Å². The third kappa shape index (κ3) is 4.74. The zero-order chi connectivity index (χ0) is 20.9. The number of halogens is 1. The Labute approximate surface area is 181 Å². The van der Waals surface area contributed by atoms with Crippen molar-refractivity contribution in [1.29, 1.82) is 0 Å². The van der Waals surface area contributed by atoms with Gasteiger partial charge in [-0.2, -0.15) is 0 Å². The second-order valence-corrected chi connectivity index (χ2v) is 7.50. The van der Waals surface area contributed by atoms with Crippen LogP contribution in [0, 0.1) is 6.92 Å². The molecule has 1 N–H and O–H groups in total. The Morgan fingerprint density at radius 3 is 2.47 bits per heavy atom. The number of hydrogen-bond acceptors (Lipinski definition) is 5. The Hall–Kier alpha value is -3.05. The second-order valence-electron chi connectivity index (χ2n) is 7.10. The topological polar surface area (TPSA) is 49.0 Å². The lowest BCUT2D eigenvalue weighted by Crippen LogP contribution is -2.15. The largest absolute Gasteiger partial charge is 0.493 e. The maximum Gasteiger partial charge on any atom is 0.180 e. The average Bonchev–Trinajstić information content (AvgIpc) is 2.77. The summed E-state index contributed by atoms with van der Waals surface area (Å²) in [5.74, 6) is 2.67. The van der Waals surface area contributed by atoms with Crippen molar-refractivity contribution in [2.45, 2.75) is 20.1 Å². The molecule has 0 radical (unpaired) electrons. The molecule has 1 aliphatic heterocycles. The highest BCUT2D eigenvalue weighted by molar-refractivity contribution is 6.32. The minimum Gasteiger partial charge on any atom is -0.493 e. The smallest absolute Gasteiger partial charge is 0.180 e. The number of benzene rings is 3. The fourth-order valence-corrected chi connectivity index (χ4v) is 3.50. The molecule has 0 unspecified atom stereocenters. The molecule has 3 aromatic rings. The van der Waals surface area contributed by atoms with Gasteiger partial charge in [0.25, 0.3) is 0 Å². The fraction of sp³-hybridized carbons (Fsp3) is 0.250. The molecule has 0 aromatic heterocycles. The van der Waals surface area contributed by atoms with E-state index >= 15 is 0 Å². The summed E-state index contributed by atoms with van der Waals surface area (Å²) < 4.78 is 22.7. The lowest BCUT2D eigenvalue weighted by molar-refractivity contribution is 0.171. The van der Waals surface area contributed by atoms with Crippen LogP contribution in [-0.4, -0.2) is 20.3 Å². The van der Waals surface area contributed by atoms with Gasteiger partial charge in [-0.05, 0) is 42.3 Å². The number of methoxy groups -OCH3 is 1. The zero-order valence-corrected chi connectivity index (χ0v) is 17.8. The van der Waals surface area contributed by atoms with Crippen LogP contribution in [0.15, 0.2) is 54.6 Å². The Balaban J connectivity index is 1.44. The first kappa shape index (κ1) is 20.2. The van der Waals surface area contributed by atoms with Crippen LogP contribution in [-0.2, 0) is 13.2 Å². The molecule has 156 valence electrons. The van der Waals surface area contributed by atoms with Crippen LogP contribution in [0.1, 0.15) is 16.7 Å². The second kappa shape index (κ2) is 9.18. The van der Waals surface area contributed by atoms with Crippen molar-refractivity contribution in [3.8, 4) is 23.0 Å². The van der Waals surface area contributed by atoms with E-state index in [1.165, 1.54) is 5.56 Å². The third-order valence-electron chi connectivity index (χ3n) is 4.83. The monoisotopic (exact) mass is 425 g/mol. The molecule has 0 amide bonds. The van der Waals surface area contributed by atoms with Gasteiger partial charge in [0.1, 0.15) is 19.8 Å². The van der Waals surface area contributed by atoms with E-state index in [0.717, 1.165) is 28.3 Å². The maximum atomic E-state index is 6.51. The van der Waals surface area contributed by atoms with E-state index in [4.69, 9.17) is 30.5 Å². The minimum absolute atomic E-state index is 0.422. The number of rotatable bonds is 7. The van der Waals surface area contributed by atoms with Gasteiger partial charge in [0, 0.05) is 18.3 Å². The maximum absolute atomic E-state index is 6.51. The molecule has 5 nitrogen and oxygen atoms in total. The number of fused-ring (bicyclic) bond motifs is 1. The van der Waals surface area contributed by atoms with E-state index < -0.39 is 0 Å². The summed E-state index contributed by atoms with van der Waals surface area (Å²) in [6.07, 6.45) is 0. The molecule has 3 aromatic carbocycles. The van der Waals surface area contributed by atoms with Crippen LogP contribution in [0.5, 0.6) is 23.0 Å². The summed E-state index contributed by atoms with van der Waals surface area (Å²) in [7, 11) is 1.61. The van der Waals surface area contributed by atoms with Crippen molar-refractivity contribution in [2.75, 3.05) is 25.6 Å². The Morgan fingerprint density at radius 2 is 1.70 bits per heavy atom. The van der Waals surface area contributed by atoms with Crippen LogP contribution < -0.4 is 24.3 Å². The summed E-state index contributed by atoms with van der Waals surface area (Å²) >= 11 is 6.51. The molecular weight excluding hydrogens is 402 g/mol. The van der Waals surface area contributed by atoms with Crippen LogP contribution in [0.2, 0.25) is 5.02 Å². The minimum atomic E-state index is 0.422. The van der Waals surface area contributed by atoms with E-state index in [-0.39, 0.29) is 0 Å². The van der Waals surface area contributed by atoms with Gasteiger partial charge in [-0.3, -0.25) is 0 Å². The molecule has 0 saturated carbocycles. The third-order valence-corrected chi connectivity index (χ3v) is 5.11. The molecule has 0 atom stereocenters. The molecular formula is C24H24ClNO4. The van der Waals surface area contributed by atoms with E-state index in [1.54, 1.807) is 7.11 Å². The van der Waals surface area contributed by atoms with Gasteiger partial charge < -0.3 is 24.3 Å².